The maximum atomic E-state index is 4.32. The molecule has 2 heteroatoms. The van der Waals surface area contributed by atoms with Crippen LogP contribution in [0, 0.1) is 0 Å². The Labute approximate surface area is 105 Å². The minimum atomic E-state index is 0.540. The Kier molecular flexibility index (Phi) is 4.95. The number of nitrogens with zero attached hydrogens (tertiary/aromatic N) is 2. The second-order valence-electron chi connectivity index (χ2n) is 4.23. The molecular weight excluding hydrogens is 208 g/mol. The summed E-state index contributed by atoms with van der Waals surface area (Å²) in [5.74, 6) is 0.540. The van der Waals surface area contributed by atoms with Gasteiger partial charge >= 0.3 is 0 Å². The molecular formula is C15H22N2. The first-order valence-electron chi connectivity index (χ1n) is 6.17. The Morgan fingerprint density at radius 1 is 1.47 bits per heavy atom. The van der Waals surface area contributed by atoms with Crippen LogP contribution in [0.4, 0.5) is 5.69 Å². The molecule has 0 fully saturated rings. The summed E-state index contributed by atoms with van der Waals surface area (Å²) in [5.41, 5.74) is 3.28. The van der Waals surface area contributed by atoms with E-state index in [-0.39, 0.29) is 0 Å². The van der Waals surface area contributed by atoms with E-state index in [9.17, 15) is 0 Å². The number of pyridine rings is 1. The summed E-state index contributed by atoms with van der Waals surface area (Å²) < 4.78 is 0. The van der Waals surface area contributed by atoms with E-state index in [0.29, 0.717) is 5.92 Å². The third-order valence-electron chi connectivity index (χ3n) is 3.14. The van der Waals surface area contributed by atoms with Gasteiger partial charge in [-0.1, -0.05) is 27.0 Å². The molecule has 0 amide bonds. The average Bonchev–Trinajstić information content (AvgIpc) is 2.38. The van der Waals surface area contributed by atoms with Crippen LogP contribution in [-0.4, -0.2) is 11.5 Å². The molecule has 0 aromatic carbocycles. The van der Waals surface area contributed by atoms with Gasteiger partial charge in [0.2, 0.25) is 0 Å². The van der Waals surface area contributed by atoms with Crippen molar-refractivity contribution in [3.63, 3.8) is 0 Å². The zero-order valence-corrected chi connectivity index (χ0v) is 11.1. The molecule has 1 unspecified atom stereocenters. The molecule has 0 spiro atoms. The lowest BCUT2D eigenvalue weighted by Gasteiger charge is -2.24. The Balaban J connectivity index is 3.04. The minimum absolute atomic E-state index is 0.540. The fourth-order valence-electron chi connectivity index (χ4n) is 1.76. The van der Waals surface area contributed by atoms with Gasteiger partial charge in [-0.2, -0.15) is 0 Å². The highest BCUT2D eigenvalue weighted by molar-refractivity contribution is 5.53. The van der Waals surface area contributed by atoms with Gasteiger partial charge in [-0.05, 0) is 37.0 Å². The standard InChI is InChI=1S/C15H22N2/c1-6-12(4)14-9-15(11-16-10-14)17(8-3)13(5)7-2/h7,9-12H,2,5-6,8H2,1,3-4H3. The van der Waals surface area contributed by atoms with Crippen LogP contribution in [0.25, 0.3) is 0 Å². The molecule has 0 aliphatic heterocycles. The lowest BCUT2D eigenvalue weighted by molar-refractivity contribution is 0.729. The van der Waals surface area contributed by atoms with Gasteiger partial charge in [0, 0.05) is 18.4 Å². The van der Waals surface area contributed by atoms with Gasteiger partial charge in [-0.25, -0.2) is 0 Å². The van der Waals surface area contributed by atoms with Crippen molar-refractivity contribution in [2.24, 2.45) is 0 Å². The molecule has 2 nitrogen and oxygen atoms in total. The van der Waals surface area contributed by atoms with Crippen molar-refractivity contribution in [2.45, 2.75) is 33.1 Å². The lowest BCUT2D eigenvalue weighted by atomic mass is 10.0. The highest BCUT2D eigenvalue weighted by atomic mass is 15.1. The van der Waals surface area contributed by atoms with Crippen molar-refractivity contribution in [3.8, 4) is 0 Å². The fourth-order valence-corrected chi connectivity index (χ4v) is 1.76. The summed E-state index contributed by atoms with van der Waals surface area (Å²) in [4.78, 5) is 6.44. The van der Waals surface area contributed by atoms with Crippen molar-refractivity contribution in [2.75, 3.05) is 11.4 Å². The maximum absolute atomic E-state index is 4.32. The van der Waals surface area contributed by atoms with Crippen molar-refractivity contribution in [1.82, 2.24) is 4.98 Å². The summed E-state index contributed by atoms with van der Waals surface area (Å²) in [6.45, 7) is 15.1. The SMILES string of the molecule is C=CC(=C)N(CC)c1cncc(C(C)CC)c1. The van der Waals surface area contributed by atoms with E-state index in [2.05, 4.69) is 49.9 Å². The highest BCUT2D eigenvalue weighted by Gasteiger charge is 2.09. The van der Waals surface area contributed by atoms with E-state index in [4.69, 9.17) is 0 Å². The third-order valence-corrected chi connectivity index (χ3v) is 3.14. The van der Waals surface area contributed by atoms with Gasteiger partial charge in [-0.3, -0.25) is 4.98 Å². The summed E-state index contributed by atoms with van der Waals surface area (Å²) >= 11 is 0. The predicted molar refractivity (Wildman–Crippen MR) is 75.3 cm³/mol. The molecule has 0 N–H and O–H groups in total. The van der Waals surface area contributed by atoms with E-state index in [1.807, 2.05) is 12.4 Å². The summed E-state index contributed by atoms with van der Waals surface area (Å²) in [6, 6.07) is 2.19. The molecule has 0 aliphatic carbocycles. The topological polar surface area (TPSA) is 16.1 Å². The zero-order chi connectivity index (χ0) is 12.8. The van der Waals surface area contributed by atoms with E-state index < -0.39 is 0 Å². The Morgan fingerprint density at radius 2 is 2.18 bits per heavy atom. The van der Waals surface area contributed by atoms with Crippen molar-refractivity contribution in [3.05, 3.63) is 49.0 Å². The molecule has 0 saturated heterocycles. The number of likely N-dealkylation sites (N-methyl/N-ethyl adjacent to an activating group) is 1. The lowest BCUT2D eigenvalue weighted by Crippen LogP contribution is -2.20. The van der Waals surface area contributed by atoms with E-state index >= 15 is 0 Å². The van der Waals surface area contributed by atoms with Gasteiger partial charge < -0.3 is 4.90 Å². The fraction of sp³-hybridized carbons (Fsp3) is 0.400. The molecule has 1 rings (SSSR count). The number of allylic oxidation sites excluding steroid dienone is 1. The summed E-state index contributed by atoms with van der Waals surface area (Å²) in [6.07, 6.45) is 6.73. The molecule has 0 bridgehead atoms. The second-order valence-corrected chi connectivity index (χ2v) is 4.23. The number of anilines is 1. The largest absolute Gasteiger partial charge is 0.341 e. The zero-order valence-electron chi connectivity index (χ0n) is 11.1. The maximum Gasteiger partial charge on any atom is 0.0599 e. The van der Waals surface area contributed by atoms with Gasteiger partial charge in [-0.15, -0.1) is 0 Å². The van der Waals surface area contributed by atoms with E-state index in [1.54, 1.807) is 6.08 Å². The predicted octanol–water partition coefficient (Wildman–Crippen LogP) is 4.12. The molecule has 1 atom stereocenters. The smallest absolute Gasteiger partial charge is 0.0599 e. The molecule has 0 radical (unpaired) electrons. The Bertz CT molecular complexity index is 396. The Hall–Kier alpha value is -1.57. The number of rotatable bonds is 6. The Morgan fingerprint density at radius 3 is 2.71 bits per heavy atom. The first-order chi connectivity index (χ1) is 8.13. The highest BCUT2D eigenvalue weighted by Crippen LogP contribution is 2.24. The first kappa shape index (κ1) is 13.5. The van der Waals surface area contributed by atoms with Crippen LogP contribution in [0.15, 0.2) is 43.4 Å². The van der Waals surface area contributed by atoms with Crippen molar-refractivity contribution < 1.29 is 0 Å². The number of aromatic nitrogens is 1. The van der Waals surface area contributed by atoms with Crippen LogP contribution in [0.5, 0.6) is 0 Å². The van der Waals surface area contributed by atoms with Crippen molar-refractivity contribution in [1.29, 1.82) is 0 Å². The van der Waals surface area contributed by atoms with Crippen LogP contribution < -0.4 is 4.90 Å². The average molecular weight is 230 g/mol. The van der Waals surface area contributed by atoms with Gasteiger partial charge in [0.1, 0.15) is 0 Å². The first-order valence-corrected chi connectivity index (χ1v) is 6.17. The van der Waals surface area contributed by atoms with Crippen LogP contribution in [0.1, 0.15) is 38.7 Å². The molecule has 1 heterocycles. The number of hydrogen-bond acceptors (Lipinski definition) is 2. The summed E-state index contributed by atoms with van der Waals surface area (Å²) in [5, 5.41) is 0. The second kappa shape index (κ2) is 6.24. The molecule has 17 heavy (non-hydrogen) atoms. The molecule has 1 aromatic rings. The molecule has 0 aliphatic rings. The van der Waals surface area contributed by atoms with E-state index in [1.165, 1.54) is 5.56 Å². The monoisotopic (exact) mass is 230 g/mol. The van der Waals surface area contributed by atoms with Gasteiger partial charge in [0.25, 0.3) is 0 Å². The van der Waals surface area contributed by atoms with Crippen molar-refractivity contribution >= 4 is 5.69 Å². The minimum Gasteiger partial charge on any atom is -0.341 e. The van der Waals surface area contributed by atoms with E-state index in [0.717, 1.165) is 24.4 Å². The van der Waals surface area contributed by atoms with Crippen LogP contribution in [-0.2, 0) is 0 Å². The number of hydrogen-bond donors (Lipinski definition) is 0. The van der Waals surface area contributed by atoms with Gasteiger partial charge in [0.15, 0.2) is 0 Å². The molecule has 0 saturated carbocycles. The van der Waals surface area contributed by atoms with Crippen LogP contribution >= 0.6 is 0 Å². The quantitative estimate of drug-likeness (QED) is 0.683. The van der Waals surface area contributed by atoms with Crippen LogP contribution in [0.2, 0.25) is 0 Å². The third kappa shape index (κ3) is 3.19. The van der Waals surface area contributed by atoms with Gasteiger partial charge in [0.05, 0.1) is 11.9 Å². The molecule has 1 aromatic heterocycles. The molecule has 92 valence electrons. The van der Waals surface area contributed by atoms with Crippen LogP contribution in [0.3, 0.4) is 0 Å². The summed E-state index contributed by atoms with van der Waals surface area (Å²) in [7, 11) is 0. The normalized spacial score (nSPS) is 11.9.